The molecule has 0 aromatic rings. The Bertz CT molecular complexity index is 577. The SMILES string of the molecule is COC[C@H]1CC[C@H]2[C@@H]3CC[C@H]4C[C@H](O)CC[C@]4(C)[C@H]3[C@@H](OC)CC12C(C)=O. The molecular weight excluding hydrogens is 340 g/mol. The Labute approximate surface area is 164 Å². The molecule has 4 heteroatoms. The maximum Gasteiger partial charge on any atom is 0.136 e. The van der Waals surface area contributed by atoms with Crippen LogP contribution < -0.4 is 0 Å². The number of Topliss-reactive ketones (excluding diaryl/α,β-unsaturated/α-hetero) is 1. The minimum atomic E-state index is -0.255. The Balaban J connectivity index is 1.72. The molecule has 4 aliphatic rings. The number of aliphatic hydroxyl groups excluding tert-OH is 1. The number of carbonyl (C=O) groups is 1. The second-order valence-corrected chi connectivity index (χ2v) is 10.3. The second kappa shape index (κ2) is 7.11. The van der Waals surface area contributed by atoms with Gasteiger partial charge in [-0.15, -0.1) is 0 Å². The largest absolute Gasteiger partial charge is 0.393 e. The summed E-state index contributed by atoms with van der Waals surface area (Å²) in [6.45, 7) is 4.98. The number of rotatable bonds is 4. The van der Waals surface area contributed by atoms with E-state index >= 15 is 0 Å². The molecule has 4 fully saturated rings. The van der Waals surface area contributed by atoms with Crippen molar-refractivity contribution in [3.05, 3.63) is 0 Å². The fourth-order valence-electron chi connectivity index (χ4n) is 8.43. The van der Waals surface area contributed by atoms with Crippen LogP contribution in [0.1, 0.15) is 65.2 Å². The molecule has 4 aliphatic carbocycles. The number of aliphatic hydroxyl groups is 1. The molecule has 1 unspecified atom stereocenters. The maximum absolute atomic E-state index is 13.1. The Hall–Kier alpha value is -0.450. The van der Waals surface area contributed by atoms with Crippen LogP contribution in [0.4, 0.5) is 0 Å². The summed E-state index contributed by atoms with van der Waals surface area (Å²) >= 11 is 0. The van der Waals surface area contributed by atoms with E-state index in [1.54, 1.807) is 7.11 Å². The number of methoxy groups -OCH3 is 2. The summed E-state index contributed by atoms with van der Waals surface area (Å²) in [5, 5.41) is 10.2. The Morgan fingerprint density at radius 3 is 2.59 bits per heavy atom. The van der Waals surface area contributed by atoms with Crippen LogP contribution in [0.3, 0.4) is 0 Å². The third-order valence-corrected chi connectivity index (χ3v) is 9.58. The standard InChI is InChI=1S/C23H38O4/c1-14(24)23-12-20(27-4)21-18(19(23)8-6-16(23)13-26-3)7-5-15-11-17(25)9-10-22(15,21)2/h15-21,25H,5-13H2,1-4H3/t15-,16+,17+,18-,19-,20-,21+,22-,23?/m0/s1. The van der Waals surface area contributed by atoms with Crippen molar-refractivity contribution in [1.82, 2.24) is 0 Å². The van der Waals surface area contributed by atoms with Crippen molar-refractivity contribution in [2.24, 2.45) is 40.4 Å². The van der Waals surface area contributed by atoms with Gasteiger partial charge in [0.1, 0.15) is 5.78 Å². The molecule has 0 saturated heterocycles. The first kappa shape index (κ1) is 19.8. The van der Waals surface area contributed by atoms with E-state index < -0.39 is 0 Å². The molecule has 0 heterocycles. The lowest BCUT2D eigenvalue weighted by molar-refractivity contribution is -0.193. The molecule has 4 rings (SSSR count). The minimum Gasteiger partial charge on any atom is -0.393 e. The molecule has 0 aliphatic heterocycles. The average molecular weight is 379 g/mol. The number of hydrogen-bond acceptors (Lipinski definition) is 4. The summed E-state index contributed by atoms with van der Waals surface area (Å²) in [6, 6.07) is 0. The van der Waals surface area contributed by atoms with E-state index in [0.29, 0.717) is 42.0 Å². The highest BCUT2D eigenvalue weighted by Crippen LogP contribution is 2.68. The van der Waals surface area contributed by atoms with Gasteiger partial charge in [-0.1, -0.05) is 6.92 Å². The maximum atomic E-state index is 13.1. The predicted octanol–water partition coefficient (Wildman–Crippen LogP) is 3.85. The van der Waals surface area contributed by atoms with Crippen LogP contribution in [0.5, 0.6) is 0 Å². The van der Waals surface area contributed by atoms with E-state index in [0.717, 1.165) is 38.5 Å². The Kier molecular flexibility index (Phi) is 5.22. The summed E-state index contributed by atoms with van der Waals surface area (Å²) in [6.07, 6.45) is 8.51. The van der Waals surface area contributed by atoms with Gasteiger partial charge >= 0.3 is 0 Å². The average Bonchev–Trinajstić information content (AvgIpc) is 3.01. The van der Waals surface area contributed by atoms with E-state index in [-0.39, 0.29) is 23.0 Å². The molecule has 4 saturated carbocycles. The fourth-order valence-corrected chi connectivity index (χ4v) is 8.43. The highest BCUT2D eigenvalue weighted by atomic mass is 16.5. The highest BCUT2D eigenvalue weighted by Gasteiger charge is 2.66. The monoisotopic (exact) mass is 378 g/mol. The smallest absolute Gasteiger partial charge is 0.136 e. The lowest BCUT2D eigenvalue weighted by Crippen LogP contribution is -2.61. The summed E-state index contributed by atoms with van der Waals surface area (Å²) in [7, 11) is 3.61. The number of ether oxygens (including phenoxy) is 2. The summed E-state index contributed by atoms with van der Waals surface area (Å²) in [5.74, 6) is 2.87. The zero-order valence-electron chi connectivity index (χ0n) is 17.6. The topological polar surface area (TPSA) is 55.8 Å². The van der Waals surface area contributed by atoms with Gasteiger partial charge in [-0.3, -0.25) is 4.79 Å². The van der Waals surface area contributed by atoms with Crippen molar-refractivity contribution >= 4 is 5.78 Å². The van der Waals surface area contributed by atoms with Crippen LogP contribution in [0.2, 0.25) is 0 Å². The van der Waals surface area contributed by atoms with E-state index in [2.05, 4.69) is 6.92 Å². The zero-order valence-corrected chi connectivity index (χ0v) is 17.6. The quantitative estimate of drug-likeness (QED) is 0.807. The molecule has 0 bridgehead atoms. The Morgan fingerprint density at radius 1 is 1.15 bits per heavy atom. The van der Waals surface area contributed by atoms with Gasteiger partial charge < -0.3 is 14.6 Å². The molecule has 1 N–H and O–H groups in total. The molecule has 0 aromatic heterocycles. The lowest BCUT2D eigenvalue weighted by Gasteiger charge is -2.63. The first-order valence-electron chi connectivity index (χ1n) is 11.1. The highest BCUT2D eigenvalue weighted by molar-refractivity contribution is 5.84. The van der Waals surface area contributed by atoms with Crippen molar-refractivity contribution in [3.8, 4) is 0 Å². The van der Waals surface area contributed by atoms with Gasteiger partial charge in [0.2, 0.25) is 0 Å². The van der Waals surface area contributed by atoms with Crippen molar-refractivity contribution < 1.29 is 19.4 Å². The second-order valence-electron chi connectivity index (χ2n) is 10.3. The molecule has 0 spiro atoms. The van der Waals surface area contributed by atoms with Gasteiger partial charge in [0.15, 0.2) is 0 Å². The van der Waals surface area contributed by atoms with Gasteiger partial charge in [0.05, 0.1) is 12.2 Å². The molecule has 4 nitrogen and oxygen atoms in total. The number of fused-ring (bicyclic) bond motifs is 5. The van der Waals surface area contributed by atoms with E-state index in [9.17, 15) is 9.90 Å². The normalized spacial score (nSPS) is 52.0. The molecule has 154 valence electrons. The minimum absolute atomic E-state index is 0.127. The number of hydrogen-bond donors (Lipinski definition) is 1. The van der Waals surface area contributed by atoms with Gasteiger partial charge in [-0.2, -0.15) is 0 Å². The molecule has 27 heavy (non-hydrogen) atoms. The molecule has 0 aromatic carbocycles. The summed E-state index contributed by atoms with van der Waals surface area (Å²) in [4.78, 5) is 13.1. The van der Waals surface area contributed by atoms with Crippen molar-refractivity contribution in [3.63, 3.8) is 0 Å². The van der Waals surface area contributed by atoms with Crippen LogP contribution in [0.15, 0.2) is 0 Å². The molecule has 9 atom stereocenters. The van der Waals surface area contributed by atoms with Crippen LogP contribution in [0, 0.1) is 40.4 Å². The van der Waals surface area contributed by atoms with Crippen molar-refractivity contribution in [2.45, 2.75) is 77.4 Å². The van der Waals surface area contributed by atoms with Crippen molar-refractivity contribution in [1.29, 1.82) is 0 Å². The van der Waals surface area contributed by atoms with Crippen LogP contribution in [0.25, 0.3) is 0 Å². The first-order valence-corrected chi connectivity index (χ1v) is 11.1. The third-order valence-electron chi connectivity index (χ3n) is 9.58. The number of carbonyl (C=O) groups excluding carboxylic acids is 1. The van der Waals surface area contributed by atoms with Gasteiger partial charge in [0.25, 0.3) is 0 Å². The summed E-state index contributed by atoms with van der Waals surface area (Å²) in [5.41, 5.74) is -0.0135. The van der Waals surface area contributed by atoms with Gasteiger partial charge in [-0.05, 0) is 93.3 Å². The third kappa shape index (κ3) is 2.77. The van der Waals surface area contributed by atoms with Crippen LogP contribution in [-0.4, -0.2) is 43.9 Å². The van der Waals surface area contributed by atoms with Gasteiger partial charge in [0, 0.05) is 26.2 Å². The first-order chi connectivity index (χ1) is 12.9. The summed E-state index contributed by atoms with van der Waals surface area (Å²) < 4.78 is 11.7. The van der Waals surface area contributed by atoms with Crippen LogP contribution >= 0.6 is 0 Å². The van der Waals surface area contributed by atoms with E-state index in [1.807, 2.05) is 14.0 Å². The molecule has 0 amide bonds. The lowest BCUT2D eigenvalue weighted by atomic mass is 9.43. The van der Waals surface area contributed by atoms with Gasteiger partial charge in [-0.25, -0.2) is 0 Å². The van der Waals surface area contributed by atoms with E-state index in [1.165, 1.54) is 12.8 Å². The Morgan fingerprint density at radius 2 is 1.93 bits per heavy atom. The molecule has 0 radical (unpaired) electrons. The molecular formula is C23H38O4. The number of ketones is 1. The zero-order chi connectivity index (χ0) is 19.4. The predicted molar refractivity (Wildman–Crippen MR) is 104 cm³/mol. The van der Waals surface area contributed by atoms with Crippen LogP contribution in [-0.2, 0) is 14.3 Å². The van der Waals surface area contributed by atoms with E-state index in [4.69, 9.17) is 9.47 Å². The van der Waals surface area contributed by atoms with Crippen molar-refractivity contribution in [2.75, 3.05) is 20.8 Å². The fraction of sp³-hybridized carbons (Fsp3) is 0.957.